The number of hydrogen-bond acceptors (Lipinski definition) is 24. The van der Waals surface area contributed by atoms with Crippen LogP contribution in [0.5, 0.6) is 0 Å². The fourth-order valence-electron chi connectivity index (χ4n) is 10.4. The molecule has 2 spiro atoms. The number of alkyl halides is 2. The number of carbonyl (C=O) groups excluding carboxylic acids is 4. The van der Waals surface area contributed by atoms with Crippen LogP contribution in [0.3, 0.4) is 0 Å². The van der Waals surface area contributed by atoms with Crippen molar-refractivity contribution in [2.24, 2.45) is 5.92 Å². The first-order chi connectivity index (χ1) is 54.4. The second kappa shape index (κ2) is 41.8. The summed E-state index contributed by atoms with van der Waals surface area (Å²) >= 11 is 0. The van der Waals surface area contributed by atoms with E-state index in [1.54, 1.807) is 0 Å². The Balaban J connectivity index is 0.000000213. The van der Waals surface area contributed by atoms with Gasteiger partial charge in [0.05, 0.1) is 88.0 Å². The molecule has 4 aliphatic carbocycles. The van der Waals surface area contributed by atoms with E-state index in [1.165, 1.54) is 5.56 Å². The van der Waals surface area contributed by atoms with Crippen LogP contribution in [0.15, 0.2) is 60.7 Å². The molecule has 535 valence electrons. The smallest absolute Gasteiger partial charge is 1.00 e. The van der Waals surface area contributed by atoms with E-state index >= 15 is 0 Å². The van der Waals surface area contributed by atoms with E-state index in [9.17, 15) is 38.2 Å². The van der Waals surface area contributed by atoms with Crippen LogP contribution in [-0.4, -0.2) is 191 Å². The summed E-state index contributed by atoms with van der Waals surface area (Å²) in [6, 6.07) is 19.6. The molecule has 99 heavy (non-hydrogen) atoms. The Morgan fingerprint density at radius 3 is 1.42 bits per heavy atom. The monoisotopic (exact) mass is 1410 g/mol. The van der Waals surface area contributed by atoms with Gasteiger partial charge in [-0.15, -0.1) is 20.4 Å². The molecule has 10 heterocycles. The molecule has 2 atom stereocenters. The number of aliphatic hydroxyl groups excluding tert-OH is 2. The number of aryl methyl sites for hydroxylation is 8. The van der Waals surface area contributed by atoms with Crippen LogP contribution in [0.25, 0.3) is 0 Å². The molecule has 0 amide bonds. The van der Waals surface area contributed by atoms with E-state index in [2.05, 4.69) is 74.2 Å². The first-order valence-corrected chi connectivity index (χ1v) is 32.3. The van der Waals surface area contributed by atoms with Gasteiger partial charge in [0.2, 0.25) is 5.92 Å². The van der Waals surface area contributed by atoms with E-state index in [-0.39, 0.29) is 125 Å². The zero-order chi connectivity index (χ0) is 86.1. The number of halogens is 2. The van der Waals surface area contributed by atoms with Crippen molar-refractivity contribution in [2.75, 3.05) is 26.4 Å². The van der Waals surface area contributed by atoms with Crippen molar-refractivity contribution in [3.8, 4) is 0 Å². The summed E-state index contributed by atoms with van der Waals surface area (Å²) in [5, 5.41) is 59.1. The van der Waals surface area contributed by atoms with Crippen molar-refractivity contribution >= 4 is 31.5 Å². The molecule has 28 nitrogen and oxygen atoms in total. The number of aromatic nitrogens is 16. The molecule has 2 saturated heterocycles. The van der Waals surface area contributed by atoms with Crippen LogP contribution in [0.1, 0.15) is 224 Å². The predicted octanol–water partition coefficient (Wildman–Crippen LogP) is 3.94. The van der Waals surface area contributed by atoms with Gasteiger partial charge in [-0.25, -0.2) is 27.5 Å². The normalized spacial score (nSPS) is 30.3. The first kappa shape index (κ1) is 55.6. The number of rotatable bonds is 6. The average molecular weight is 1410 g/mol. The molecule has 4 saturated carbocycles. The molecule has 32 heteroatoms. The molecule has 2 unspecified atom stereocenters. The van der Waals surface area contributed by atoms with E-state index in [0.29, 0.717) is 68.4 Å². The summed E-state index contributed by atoms with van der Waals surface area (Å²) in [4.78, 5) is 44.8. The van der Waals surface area contributed by atoms with Crippen LogP contribution in [0, 0.1) is 5.92 Å². The topological polar surface area (TPSA) is 339 Å². The molecule has 3 radical (unpaired) electrons. The van der Waals surface area contributed by atoms with Gasteiger partial charge >= 0.3 is 29.6 Å². The summed E-state index contributed by atoms with van der Waals surface area (Å²) < 4.78 is 215. The third-order valence-electron chi connectivity index (χ3n) is 16.0. The van der Waals surface area contributed by atoms with Gasteiger partial charge in [0.1, 0.15) is 23.1 Å². The average Bonchev–Trinajstić information content (AvgIpc) is 1.73. The molecule has 0 bridgehead atoms. The second-order valence-corrected chi connectivity index (χ2v) is 23.7. The van der Waals surface area contributed by atoms with Crippen molar-refractivity contribution in [3.63, 3.8) is 0 Å². The number of benzene rings is 2. The minimum Gasteiger partial charge on any atom is -1.00 e. The largest absolute Gasteiger partial charge is 1.00 e. The fourth-order valence-corrected chi connectivity index (χ4v) is 10.4. The number of fused-ring (bicyclic) bond motifs is 4. The molecule has 10 aliphatic rings. The molecule has 2 aromatic carbocycles. The molecular formula is C67H97BF2N16NaO12. The quantitative estimate of drug-likeness (QED) is 0.223. The van der Waals surface area contributed by atoms with Crippen LogP contribution in [-0.2, 0) is 112 Å². The third-order valence-corrected chi connectivity index (χ3v) is 16.0. The van der Waals surface area contributed by atoms with Gasteiger partial charge in [-0.2, -0.15) is 0 Å². The number of tetrazole rings is 4. The van der Waals surface area contributed by atoms with Gasteiger partial charge in [-0.3, -0.25) is 19.2 Å². The second-order valence-electron chi connectivity index (χ2n) is 23.7. The Kier molecular flexibility index (Phi) is 23.5. The Morgan fingerprint density at radius 2 is 0.889 bits per heavy atom. The maximum Gasteiger partial charge on any atom is 1.00 e. The molecule has 16 rings (SSSR count). The molecule has 6 aromatic rings. The van der Waals surface area contributed by atoms with E-state index < -0.39 is 125 Å². The maximum absolute atomic E-state index is 13.3. The zero-order valence-corrected chi connectivity index (χ0v) is 57.4. The SMILES string of the molecule is O=C1CCC(OCc2ccccc2)CC1.O=C1CCC2(CC1)OCCO2.OC1CCC2(CC1)OCCO2.[2H]C1([2H])CC(=O)CC([2H])([2H])n2nnnc21.[2H]C1([2H])CC(C)CC([2H])([2H])n2nnnc21.[2H]C1([2H])CC(F)(F)CC([2H])([2H])n2nnnc21.[2H]C1([2H])CC(O)CC([2H])([2H])n2nnnc21.[2H]C1([2H])CC(OCc2ccccc2)CC([2H])([2H])C1=O.[B].[H-].[Na+]. The van der Waals surface area contributed by atoms with E-state index in [0.717, 1.165) is 84.2 Å². The predicted molar refractivity (Wildman–Crippen MR) is 349 cm³/mol. The Bertz CT molecular complexity index is 4040. The fraction of sp³-hybridized carbons (Fsp3) is 0.701. The number of nitrogens with zero attached hydrogens (tertiary/aromatic N) is 16. The number of carbonyl (C=O) groups is 4. The van der Waals surface area contributed by atoms with Crippen molar-refractivity contribution in [1.82, 2.24) is 80.8 Å². The number of ketones is 4. The number of ether oxygens (including phenoxy) is 6. The van der Waals surface area contributed by atoms with Crippen molar-refractivity contribution in [3.05, 3.63) is 95.1 Å². The summed E-state index contributed by atoms with van der Waals surface area (Å²) in [6.07, 6.45) is -7.72. The van der Waals surface area contributed by atoms with Crippen LogP contribution in [0.2, 0.25) is 0 Å². The van der Waals surface area contributed by atoms with Crippen molar-refractivity contribution < 1.29 is 125 Å². The van der Waals surface area contributed by atoms with Crippen LogP contribution >= 0.6 is 0 Å². The van der Waals surface area contributed by atoms with E-state index in [4.69, 9.17) is 55.8 Å². The molecular weight excluding hydrogens is 1290 g/mol. The zero-order valence-electron chi connectivity index (χ0n) is 76.4. The third kappa shape index (κ3) is 27.7. The van der Waals surface area contributed by atoms with Gasteiger partial charge in [0, 0.05) is 153 Å². The van der Waals surface area contributed by atoms with Crippen LogP contribution in [0.4, 0.5) is 8.78 Å². The molecule has 2 N–H and O–H groups in total. The van der Waals surface area contributed by atoms with Crippen molar-refractivity contribution in [2.45, 2.75) is 268 Å². The standard InChI is InChI=1S/2C13H16O2.C8H14O3.C8H12O3.C7H12N4.C6H8F2N4.C6H10N4O.C6H8N4O.B.Na.H/c2*14-12-6-8-13(9-7-12)15-10-11-4-2-1-3-5-11;2*9-7-1-3-8(4-2-7)10-5-6-11-8;1-6-2-3-7-8-9-10-11(7)5-4-6;7-6(8)2-1-5-9-10-11-12(5)4-3-6;2*11-5-1-2-6-7-8-9-10(6)4-3-5;;;/h2*1-5,13H,6-10H2;7,9H,1-6H2;1-6H2;6H,2-5H2,1H3;1-4H2;5,11H,1-4H2;1-4H2;;;/q;;;;;;;;;+1;-1/i6D2,7D2;;;;3D2,5D2;1D2,4D2;2*2D2,4D2;;;. The van der Waals surface area contributed by atoms with E-state index in [1.807, 2.05) is 55.5 Å². The minimum absolute atomic E-state index is 0. The maximum atomic E-state index is 13.3. The number of hydrogen-bond donors (Lipinski definition) is 2. The summed E-state index contributed by atoms with van der Waals surface area (Å²) in [5.41, 5.74) is 2.15. The Hall–Kier alpha value is -6.00. The number of aliphatic hydroxyl groups is 2. The molecule has 6 aliphatic heterocycles. The Morgan fingerprint density at radius 1 is 0.465 bits per heavy atom. The van der Waals surface area contributed by atoms with Gasteiger partial charge in [-0.1, -0.05) is 67.6 Å². The van der Waals surface area contributed by atoms with Gasteiger partial charge in [0.25, 0.3) is 0 Å². The number of Topliss-reactive ketones (excluding diaryl/α,β-unsaturated/α-hetero) is 4. The van der Waals surface area contributed by atoms with Gasteiger partial charge < -0.3 is 40.1 Å². The summed E-state index contributed by atoms with van der Waals surface area (Å²) in [6.45, 7) is -2.61. The minimum atomic E-state index is -3.45. The van der Waals surface area contributed by atoms with Gasteiger partial charge in [0.15, 0.2) is 34.9 Å². The molecule has 6 fully saturated rings. The van der Waals surface area contributed by atoms with Gasteiger partial charge in [-0.05, 0) is 123 Å². The van der Waals surface area contributed by atoms with Crippen LogP contribution < -0.4 is 29.6 Å². The summed E-state index contributed by atoms with van der Waals surface area (Å²) in [7, 11) is 0. The van der Waals surface area contributed by atoms with Crippen molar-refractivity contribution in [1.29, 1.82) is 0 Å². The molecule has 4 aromatic heterocycles. The summed E-state index contributed by atoms with van der Waals surface area (Å²) in [5.74, 6) is -5.85. The first-order valence-electron chi connectivity index (χ1n) is 42.3. The Labute approximate surface area is 630 Å².